The minimum atomic E-state index is -0.851. The number of carboxylic acid groups (broad SMARTS) is 1. The lowest BCUT2D eigenvalue weighted by molar-refractivity contribution is -0.135. The summed E-state index contributed by atoms with van der Waals surface area (Å²) in [4.78, 5) is 10.2. The summed E-state index contributed by atoms with van der Waals surface area (Å²) in [7, 11) is 0. The molecule has 1 N–H and O–H groups in total. The molecule has 18 heavy (non-hydrogen) atoms. The second-order valence-corrected chi connectivity index (χ2v) is 4.30. The van der Waals surface area contributed by atoms with Crippen molar-refractivity contribution in [3.63, 3.8) is 0 Å². The summed E-state index contributed by atoms with van der Waals surface area (Å²) in [6.07, 6.45) is 9.88. The lowest BCUT2D eigenvalue weighted by atomic mass is 10.1. The number of aliphatic carboxylic acids is 1. The molecule has 0 fully saturated rings. The summed E-state index contributed by atoms with van der Waals surface area (Å²) < 4.78 is 0. The number of rotatable bonds is 8. The van der Waals surface area contributed by atoms with E-state index in [4.69, 9.17) is 5.11 Å². The highest BCUT2D eigenvalue weighted by molar-refractivity contribution is 5.69. The maximum absolute atomic E-state index is 10.2. The number of unbranched alkanes of at least 4 members (excludes halogenated alkanes) is 7. The van der Waals surface area contributed by atoms with Gasteiger partial charge in [0.2, 0.25) is 0 Å². The summed E-state index contributed by atoms with van der Waals surface area (Å²) in [5.74, 6) is 11.0. The Kier molecular flexibility index (Phi) is 12.6. The molecule has 100 valence electrons. The first-order valence-corrected chi connectivity index (χ1v) is 6.90. The Labute approximate surface area is 111 Å². The van der Waals surface area contributed by atoms with Crippen LogP contribution in [0.1, 0.15) is 71.1 Å². The molecule has 0 heterocycles. The molecular formula is C16H24O2. The fourth-order valence-electron chi connectivity index (χ4n) is 1.47. The van der Waals surface area contributed by atoms with Crippen molar-refractivity contribution in [1.82, 2.24) is 0 Å². The van der Waals surface area contributed by atoms with Gasteiger partial charge in [-0.05, 0) is 19.3 Å². The molecule has 0 aliphatic carbocycles. The van der Waals surface area contributed by atoms with Crippen LogP contribution in [0.3, 0.4) is 0 Å². The van der Waals surface area contributed by atoms with Crippen molar-refractivity contribution < 1.29 is 9.90 Å². The highest BCUT2D eigenvalue weighted by Gasteiger charge is 1.88. The predicted molar refractivity (Wildman–Crippen MR) is 75.0 cm³/mol. The molecule has 0 amide bonds. The predicted octanol–water partition coefficient (Wildman–Crippen LogP) is 4.00. The third-order valence-electron chi connectivity index (χ3n) is 2.50. The van der Waals surface area contributed by atoms with Crippen LogP contribution >= 0.6 is 0 Å². The van der Waals surface area contributed by atoms with Gasteiger partial charge in [-0.2, -0.15) is 0 Å². The van der Waals surface area contributed by atoms with Crippen LogP contribution in [0.4, 0.5) is 0 Å². The monoisotopic (exact) mass is 248 g/mol. The van der Waals surface area contributed by atoms with Crippen molar-refractivity contribution in [3.8, 4) is 23.7 Å². The van der Waals surface area contributed by atoms with Crippen molar-refractivity contribution in [3.05, 3.63) is 0 Å². The van der Waals surface area contributed by atoms with E-state index in [9.17, 15) is 4.79 Å². The van der Waals surface area contributed by atoms with E-state index in [-0.39, 0.29) is 6.42 Å². The molecule has 0 saturated carbocycles. The van der Waals surface area contributed by atoms with E-state index < -0.39 is 5.97 Å². The van der Waals surface area contributed by atoms with Crippen LogP contribution in [-0.2, 0) is 4.79 Å². The largest absolute Gasteiger partial charge is 0.481 e. The molecule has 2 nitrogen and oxygen atoms in total. The quantitative estimate of drug-likeness (QED) is 0.521. The number of hydrogen-bond acceptors (Lipinski definition) is 1. The fourth-order valence-corrected chi connectivity index (χ4v) is 1.47. The Bertz CT molecular complexity index is 322. The summed E-state index contributed by atoms with van der Waals surface area (Å²) in [5.41, 5.74) is 0. The van der Waals surface area contributed by atoms with Gasteiger partial charge in [-0.25, -0.2) is 0 Å². The average Bonchev–Trinajstić information content (AvgIpc) is 2.34. The van der Waals surface area contributed by atoms with Crippen LogP contribution in [0.25, 0.3) is 0 Å². The Balaban J connectivity index is 3.26. The Morgan fingerprint density at radius 1 is 0.833 bits per heavy atom. The molecule has 0 rings (SSSR count). The van der Waals surface area contributed by atoms with Gasteiger partial charge >= 0.3 is 5.97 Å². The summed E-state index contributed by atoms with van der Waals surface area (Å²) >= 11 is 0. The second kappa shape index (κ2) is 13.7. The third-order valence-corrected chi connectivity index (χ3v) is 2.50. The zero-order valence-corrected chi connectivity index (χ0v) is 11.4. The molecule has 0 unspecified atom stereocenters. The first kappa shape index (κ1) is 16.6. The van der Waals surface area contributed by atoms with Crippen molar-refractivity contribution in [1.29, 1.82) is 0 Å². The molecule has 0 spiro atoms. The standard InChI is InChI=1S/C16H24O2/c1-2-3-4-5-6-7-8-9-10-11-12-13-14-15-16(17)18/h2-6,9-12,15H2,1H3,(H,17,18). The minimum absolute atomic E-state index is 0.0441. The molecule has 0 aliphatic heterocycles. The van der Waals surface area contributed by atoms with E-state index >= 15 is 0 Å². The molecule has 2 heteroatoms. The molecule has 0 bridgehead atoms. The first-order valence-electron chi connectivity index (χ1n) is 6.90. The van der Waals surface area contributed by atoms with Gasteiger partial charge in [-0.1, -0.05) is 32.1 Å². The first-order chi connectivity index (χ1) is 8.77. The Morgan fingerprint density at radius 2 is 1.33 bits per heavy atom. The second-order valence-electron chi connectivity index (χ2n) is 4.30. The van der Waals surface area contributed by atoms with Gasteiger partial charge in [0.05, 0.1) is 0 Å². The maximum Gasteiger partial charge on any atom is 0.315 e. The number of carboxylic acids is 1. The van der Waals surface area contributed by atoms with E-state index in [1.54, 1.807) is 0 Å². The van der Waals surface area contributed by atoms with Gasteiger partial charge in [0.25, 0.3) is 0 Å². The molecule has 0 radical (unpaired) electrons. The van der Waals surface area contributed by atoms with Gasteiger partial charge in [-0.3, -0.25) is 4.79 Å². The molecule has 0 atom stereocenters. The minimum Gasteiger partial charge on any atom is -0.481 e. The van der Waals surface area contributed by atoms with E-state index in [2.05, 4.69) is 30.6 Å². The zero-order valence-electron chi connectivity index (χ0n) is 11.4. The van der Waals surface area contributed by atoms with E-state index in [1.807, 2.05) is 0 Å². The molecular weight excluding hydrogens is 224 g/mol. The maximum atomic E-state index is 10.2. The van der Waals surface area contributed by atoms with Crippen molar-refractivity contribution in [2.75, 3.05) is 0 Å². The van der Waals surface area contributed by atoms with E-state index in [0.717, 1.165) is 32.1 Å². The van der Waals surface area contributed by atoms with Crippen LogP contribution in [0, 0.1) is 23.7 Å². The van der Waals surface area contributed by atoms with Gasteiger partial charge in [0.1, 0.15) is 6.42 Å². The molecule has 0 aromatic heterocycles. The molecule has 0 aliphatic rings. The van der Waals surface area contributed by atoms with Crippen LogP contribution in [-0.4, -0.2) is 11.1 Å². The zero-order chi connectivity index (χ0) is 13.5. The fraction of sp³-hybridized carbons (Fsp3) is 0.688. The van der Waals surface area contributed by atoms with Crippen molar-refractivity contribution >= 4 is 5.97 Å². The normalized spacial score (nSPS) is 8.94. The van der Waals surface area contributed by atoms with Gasteiger partial charge in [0, 0.05) is 19.3 Å². The smallest absolute Gasteiger partial charge is 0.315 e. The van der Waals surface area contributed by atoms with Crippen LogP contribution < -0.4 is 0 Å². The Hall–Kier alpha value is -1.41. The van der Waals surface area contributed by atoms with E-state index in [1.165, 1.54) is 25.7 Å². The highest BCUT2D eigenvalue weighted by atomic mass is 16.4. The van der Waals surface area contributed by atoms with Crippen LogP contribution in [0.2, 0.25) is 0 Å². The van der Waals surface area contributed by atoms with Crippen molar-refractivity contribution in [2.24, 2.45) is 0 Å². The molecule has 0 saturated heterocycles. The number of hydrogen-bond donors (Lipinski definition) is 1. The number of carbonyl (C=O) groups is 1. The Morgan fingerprint density at radius 3 is 1.83 bits per heavy atom. The topological polar surface area (TPSA) is 37.3 Å². The summed E-state index contributed by atoms with van der Waals surface area (Å²) in [6, 6.07) is 0. The highest BCUT2D eigenvalue weighted by Crippen LogP contribution is 2.02. The molecule has 0 aromatic carbocycles. The average molecular weight is 248 g/mol. The van der Waals surface area contributed by atoms with Gasteiger partial charge < -0.3 is 5.11 Å². The van der Waals surface area contributed by atoms with E-state index in [0.29, 0.717) is 0 Å². The van der Waals surface area contributed by atoms with Gasteiger partial charge in [0.15, 0.2) is 0 Å². The van der Waals surface area contributed by atoms with Crippen molar-refractivity contribution in [2.45, 2.75) is 71.1 Å². The SMILES string of the molecule is CCCCCCC#CCCCCC#CCC(=O)O. The lowest BCUT2D eigenvalue weighted by Gasteiger charge is -1.92. The summed E-state index contributed by atoms with van der Waals surface area (Å²) in [6.45, 7) is 2.21. The lowest BCUT2D eigenvalue weighted by Crippen LogP contribution is -1.89. The van der Waals surface area contributed by atoms with Crippen LogP contribution in [0.5, 0.6) is 0 Å². The van der Waals surface area contributed by atoms with Gasteiger partial charge in [-0.15, -0.1) is 17.8 Å². The third kappa shape index (κ3) is 14.6. The molecule has 0 aromatic rings. The van der Waals surface area contributed by atoms with Crippen LogP contribution in [0.15, 0.2) is 0 Å². The summed E-state index contributed by atoms with van der Waals surface area (Å²) in [5, 5.41) is 8.37.